The van der Waals surface area contributed by atoms with E-state index in [2.05, 4.69) is 9.98 Å². The number of hydrogen-bond acceptors (Lipinski definition) is 5. The zero-order valence-electron chi connectivity index (χ0n) is 2.21. The molecule has 0 aromatic heterocycles. The lowest BCUT2D eigenvalue weighted by molar-refractivity contribution is -0.456. The van der Waals surface area contributed by atoms with Crippen LogP contribution in [-0.2, 0) is 9.98 Å². The first-order valence-corrected chi connectivity index (χ1v) is 0.773. The largest absolute Gasteiger partial charge is 0.231 e. The Kier molecular flexibility index (Phi) is 3.65. The molecule has 0 bridgehead atoms. The lowest BCUT2D eigenvalue weighted by Gasteiger charge is -1.84. The molecule has 0 aliphatic heterocycles. The molecule has 0 atom stereocenters. The summed E-state index contributed by atoms with van der Waals surface area (Å²) < 4.78 is 0. The Morgan fingerprint density at radius 3 is 1.60 bits per heavy atom. The molecule has 0 rings (SSSR count). The maximum Gasteiger partial charge on any atom is -0.0140 e. The minimum absolute atomic E-state index is 1.22. The van der Waals surface area contributed by atoms with Crippen molar-refractivity contribution >= 4 is 0 Å². The molecule has 0 amide bonds. The monoisotopic (exact) mass is 81.0 g/mol. The lowest BCUT2D eigenvalue weighted by Crippen LogP contribution is -2.08. The van der Waals surface area contributed by atoms with Gasteiger partial charge in [-0.1, -0.05) is 0 Å². The van der Waals surface area contributed by atoms with E-state index in [1.807, 2.05) is 0 Å². The molecule has 0 radical (unpaired) electrons. The van der Waals surface area contributed by atoms with Crippen LogP contribution < -0.4 is 5.64 Å². The molecule has 3 N–H and O–H groups in total. The van der Waals surface area contributed by atoms with Gasteiger partial charge < -0.3 is 0 Å². The SMILES string of the molecule is OONOO. The van der Waals surface area contributed by atoms with Gasteiger partial charge in [-0.15, -0.1) is 9.98 Å². The Morgan fingerprint density at radius 1 is 1.20 bits per heavy atom. The summed E-state index contributed by atoms with van der Waals surface area (Å²) in [5, 5.41) is 14.3. The van der Waals surface area contributed by atoms with Gasteiger partial charge in [0.2, 0.25) is 0 Å². The maximum absolute atomic E-state index is 7.17. The van der Waals surface area contributed by atoms with E-state index < -0.39 is 0 Å². The van der Waals surface area contributed by atoms with Crippen LogP contribution in [0.4, 0.5) is 0 Å². The average molecular weight is 81.0 g/mol. The second-order valence-corrected chi connectivity index (χ2v) is 0.266. The van der Waals surface area contributed by atoms with Crippen LogP contribution in [0.1, 0.15) is 0 Å². The summed E-state index contributed by atoms with van der Waals surface area (Å²) in [5.74, 6) is 0. The number of hydrogen-bond donors (Lipinski definition) is 3. The third-order valence-electron chi connectivity index (χ3n) is 0.0745. The first kappa shape index (κ1) is 4.80. The zero-order chi connectivity index (χ0) is 4.12. The van der Waals surface area contributed by atoms with Gasteiger partial charge in [0.1, 0.15) is 0 Å². The molecule has 5 nitrogen and oxygen atoms in total. The lowest BCUT2D eigenvalue weighted by atomic mass is 13.2. The molecular weight excluding hydrogens is 78.0 g/mol. The molecule has 0 fully saturated rings. The topological polar surface area (TPSA) is 71.0 Å². The normalized spacial score (nSPS) is 8.40. The number of rotatable bonds is 2. The molecule has 0 aliphatic carbocycles. The first-order valence-electron chi connectivity index (χ1n) is 0.773. The van der Waals surface area contributed by atoms with Gasteiger partial charge in [-0.05, 0) is 5.64 Å². The molecule has 32 valence electrons. The van der Waals surface area contributed by atoms with Crippen molar-refractivity contribution in [3.8, 4) is 0 Å². The van der Waals surface area contributed by atoms with Gasteiger partial charge in [0.15, 0.2) is 0 Å². The van der Waals surface area contributed by atoms with Gasteiger partial charge in [-0.3, -0.25) is 0 Å². The van der Waals surface area contributed by atoms with Crippen molar-refractivity contribution in [1.82, 2.24) is 5.64 Å². The van der Waals surface area contributed by atoms with Gasteiger partial charge in [-0.25, -0.2) is 10.5 Å². The van der Waals surface area contributed by atoms with Crippen molar-refractivity contribution in [2.75, 3.05) is 0 Å². The standard InChI is InChI=1S/H3NO4/c2-4-1-5-3/h1-3H. The van der Waals surface area contributed by atoms with Crippen LogP contribution in [0.2, 0.25) is 0 Å². The minimum atomic E-state index is 1.22. The molecule has 0 saturated carbocycles. The van der Waals surface area contributed by atoms with Crippen LogP contribution >= 0.6 is 0 Å². The van der Waals surface area contributed by atoms with E-state index >= 15 is 0 Å². The van der Waals surface area contributed by atoms with E-state index in [1.54, 1.807) is 0 Å². The van der Waals surface area contributed by atoms with Crippen LogP contribution in [0.15, 0.2) is 0 Å². The second kappa shape index (κ2) is 3.80. The van der Waals surface area contributed by atoms with E-state index in [1.165, 1.54) is 5.64 Å². The van der Waals surface area contributed by atoms with E-state index in [9.17, 15) is 0 Å². The van der Waals surface area contributed by atoms with E-state index in [0.717, 1.165) is 0 Å². The Hall–Kier alpha value is -0.200. The number of nitrogens with one attached hydrogen (secondary N) is 1. The molecule has 5 heavy (non-hydrogen) atoms. The van der Waals surface area contributed by atoms with Crippen molar-refractivity contribution in [3.63, 3.8) is 0 Å². The molecule has 0 unspecified atom stereocenters. The van der Waals surface area contributed by atoms with Crippen LogP contribution in [0.25, 0.3) is 0 Å². The fourth-order valence-corrected chi connectivity index (χ4v) is 0.0167. The highest BCUT2D eigenvalue weighted by atomic mass is 17.3. The Morgan fingerprint density at radius 2 is 1.60 bits per heavy atom. The fraction of sp³-hybridized carbons (Fsp3) is 0. The molecule has 0 saturated heterocycles. The highest BCUT2D eigenvalue weighted by molar-refractivity contribution is 3.29. The van der Waals surface area contributed by atoms with E-state index in [4.69, 9.17) is 10.5 Å². The van der Waals surface area contributed by atoms with Crippen molar-refractivity contribution in [1.29, 1.82) is 0 Å². The van der Waals surface area contributed by atoms with Gasteiger partial charge in [0.05, 0.1) is 0 Å². The van der Waals surface area contributed by atoms with Crippen molar-refractivity contribution in [2.45, 2.75) is 0 Å². The smallest absolute Gasteiger partial charge is 0.0140 e. The summed E-state index contributed by atoms with van der Waals surface area (Å²) in [6.07, 6.45) is 0. The molecule has 0 aromatic rings. The van der Waals surface area contributed by atoms with Crippen molar-refractivity contribution in [2.24, 2.45) is 0 Å². The Balaban J connectivity index is 2.19. The third-order valence-corrected chi connectivity index (χ3v) is 0.0745. The van der Waals surface area contributed by atoms with Gasteiger partial charge in [0.25, 0.3) is 0 Å². The van der Waals surface area contributed by atoms with E-state index in [0.29, 0.717) is 0 Å². The summed E-state index contributed by atoms with van der Waals surface area (Å²) in [7, 11) is 0. The van der Waals surface area contributed by atoms with Crippen LogP contribution in [0.3, 0.4) is 0 Å². The van der Waals surface area contributed by atoms with Crippen LogP contribution in [0.5, 0.6) is 0 Å². The average Bonchev–Trinajstić information content (AvgIpc) is 1.41. The van der Waals surface area contributed by atoms with Gasteiger partial charge in [-0.2, -0.15) is 0 Å². The quantitative estimate of drug-likeness (QED) is 0.305. The van der Waals surface area contributed by atoms with Crippen molar-refractivity contribution in [3.05, 3.63) is 0 Å². The van der Waals surface area contributed by atoms with Crippen molar-refractivity contribution < 1.29 is 20.5 Å². The minimum Gasteiger partial charge on any atom is -0.231 e. The summed E-state index contributed by atoms with van der Waals surface area (Å²) in [6.45, 7) is 0. The highest BCUT2D eigenvalue weighted by Gasteiger charge is 1.64. The molecule has 0 aliphatic rings. The third kappa shape index (κ3) is 3.80. The van der Waals surface area contributed by atoms with E-state index in [-0.39, 0.29) is 0 Å². The summed E-state index contributed by atoms with van der Waals surface area (Å²) >= 11 is 0. The maximum atomic E-state index is 7.17. The second-order valence-electron chi connectivity index (χ2n) is 0.266. The Labute approximate surface area is 27.5 Å². The van der Waals surface area contributed by atoms with Gasteiger partial charge in [0, 0.05) is 0 Å². The summed E-state index contributed by atoms with van der Waals surface area (Å²) in [4.78, 5) is 5.94. The molecular formula is H3NO4. The molecule has 0 aromatic carbocycles. The molecule has 5 heteroatoms. The first-order chi connectivity index (χ1) is 2.41. The Bertz CT molecular complexity index is 11.1. The van der Waals surface area contributed by atoms with Crippen LogP contribution in [0, 0.1) is 0 Å². The molecule has 0 spiro atoms. The predicted molar refractivity (Wildman–Crippen MR) is 10.6 cm³/mol. The highest BCUT2D eigenvalue weighted by Crippen LogP contribution is 1.44. The summed E-state index contributed by atoms with van der Waals surface area (Å²) in [5.41, 5.74) is 1.22. The fourth-order valence-electron chi connectivity index (χ4n) is 0.0167. The predicted octanol–water partition coefficient (Wildman–Crippen LogP) is -0.615. The zero-order valence-corrected chi connectivity index (χ0v) is 2.21. The van der Waals surface area contributed by atoms with Crippen LogP contribution in [-0.4, -0.2) is 10.5 Å². The summed E-state index contributed by atoms with van der Waals surface area (Å²) in [6, 6.07) is 0. The molecule has 0 heterocycles. The van der Waals surface area contributed by atoms with Gasteiger partial charge >= 0.3 is 0 Å².